The Morgan fingerprint density at radius 1 is 0.857 bits per heavy atom. The van der Waals surface area contributed by atoms with Crippen LogP contribution in [0.1, 0.15) is 47.3 Å². The lowest BCUT2D eigenvalue weighted by Crippen LogP contribution is -3.00. The van der Waals surface area contributed by atoms with E-state index in [1.807, 2.05) is 28.2 Å². The number of aryl methyl sites for hydroxylation is 2. The Balaban J connectivity index is 0.00000650. The average molecular weight is 718 g/mol. The largest absolute Gasteiger partial charge is 1.00 e. The third-order valence-electron chi connectivity index (χ3n) is 8.90. The minimum Gasteiger partial charge on any atom is -1.00 e. The molecule has 270 valence electrons. The van der Waals surface area contributed by atoms with Crippen molar-refractivity contribution < 1.29 is 31.2 Å². The molecule has 0 unspecified atom stereocenters. The van der Waals surface area contributed by atoms with Crippen LogP contribution in [-0.4, -0.2) is 117 Å². The van der Waals surface area contributed by atoms with Crippen molar-refractivity contribution in [2.45, 2.75) is 44.6 Å². The smallest absolute Gasteiger partial charge is 0.274 e. The molecule has 1 aliphatic rings. The van der Waals surface area contributed by atoms with Gasteiger partial charge in [0.25, 0.3) is 5.91 Å². The first-order chi connectivity index (χ1) is 23.0. The number of carbonyl (C=O) groups excluding carboxylic acids is 1. The fraction of sp³-hybridized carbons (Fsp3) is 0.528. The molecule has 2 aromatic carbocycles. The maximum atomic E-state index is 13.2. The third kappa shape index (κ3) is 13.1. The van der Waals surface area contributed by atoms with E-state index in [1.165, 1.54) is 11.1 Å². The molecule has 1 amide bonds. The molecule has 1 aliphatic heterocycles. The van der Waals surface area contributed by atoms with E-state index in [1.54, 1.807) is 0 Å². The average Bonchev–Trinajstić information content (AvgIpc) is 3.04. The van der Waals surface area contributed by atoms with Crippen LogP contribution < -0.4 is 38.7 Å². The number of piperidine rings is 1. The van der Waals surface area contributed by atoms with Crippen LogP contribution in [0.3, 0.4) is 0 Å². The quantitative estimate of drug-likeness (QED) is 0.166. The summed E-state index contributed by atoms with van der Waals surface area (Å²) in [4.78, 5) is 25.6. The number of nitrogens with one attached hydrogen (secondary N) is 1. The summed E-state index contributed by atoms with van der Waals surface area (Å²) in [7, 11) is 8.17. The lowest BCUT2D eigenvalue weighted by molar-refractivity contribution is -0.933. The zero-order valence-electron chi connectivity index (χ0n) is 29.5. The molecule has 1 fully saturated rings. The van der Waals surface area contributed by atoms with Gasteiger partial charge in [0.1, 0.15) is 24.7 Å². The summed E-state index contributed by atoms with van der Waals surface area (Å²) in [6.45, 7) is 7.09. The molecular weight excluding hydrogens is 663 g/mol. The molecule has 4 rings (SSSR count). The number of nitrogens with two attached hydrogens (primary N) is 2. The maximum Gasteiger partial charge on any atom is 0.274 e. The highest BCUT2D eigenvalue weighted by molar-refractivity contribution is 6.31. The molecule has 1 aromatic heterocycles. The SMILES string of the molecule is CN(C)CCOc1ccc(CCC[N+]2(CCCc3ccc(OCCN(C)C)cc3)CCC[C@H](NC(=O)c3nc(Cl)c(N)nc3N)C2)cc1.[Cl-]. The van der Waals surface area contributed by atoms with E-state index in [0.29, 0.717) is 13.2 Å². The van der Waals surface area contributed by atoms with Gasteiger partial charge in [-0.1, -0.05) is 35.9 Å². The van der Waals surface area contributed by atoms with Crippen LogP contribution in [0.25, 0.3) is 0 Å². The second kappa shape index (κ2) is 19.7. The summed E-state index contributed by atoms with van der Waals surface area (Å²) >= 11 is 6.06. The van der Waals surface area contributed by atoms with Crippen molar-refractivity contribution in [2.24, 2.45) is 0 Å². The van der Waals surface area contributed by atoms with Gasteiger partial charge in [0.05, 0.1) is 32.2 Å². The molecular formula is C36H54Cl2N8O3. The van der Waals surface area contributed by atoms with Gasteiger partial charge in [-0.15, -0.1) is 0 Å². The molecule has 1 saturated heterocycles. The van der Waals surface area contributed by atoms with Crippen LogP contribution in [0.5, 0.6) is 11.5 Å². The third-order valence-corrected chi connectivity index (χ3v) is 9.18. The first-order valence-corrected chi connectivity index (χ1v) is 17.4. The van der Waals surface area contributed by atoms with Crippen LogP contribution in [-0.2, 0) is 12.8 Å². The van der Waals surface area contributed by atoms with Crippen molar-refractivity contribution in [3.05, 3.63) is 70.5 Å². The van der Waals surface area contributed by atoms with E-state index < -0.39 is 0 Å². The fourth-order valence-electron chi connectivity index (χ4n) is 6.26. The highest BCUT2D eigenvalue weighted by Gasteiger charge is 2.35. The fourth-order valence-corrected chi connectivity index (χ4v) is 6.38. The topological polar surface area (TPSA) is 132 Å². The van der Waals surface area contributed by atoms with Gasteiger partial charge in [0, 0.05) is 25.9 Å². The van der Waals surface area contributed by atoms with E-state index in [-0.39, 0.29) is 46.8 Å². The van der Waals surface area contributed by atoms with Crippen LogP contribution in [0.15, 0.2) is 48.5 Å². The minimum absolute atomic E-state index is 0. The van der Waals surface area contributed by atoms with Gasteiger partial charge in [-0.25, -0.2) is 9.97 Å². The number of aromatic nitrogens is 2. The first-order valence-electron chi connectivity index (χ1n) is 17.0. The summed E-state index contributed by atoms with van der Waals surface area (Å²) in [5, 5.41) is 3.16. The maximum absolute atomic E-state index is 13.2. The zero-order chi connectivity index (χ0) is 34.5. The number of hydrogen-bond donors (Lipinski definition) is 3. The van der Waals surface area contributed by atoms with Crippen LogP contribution in [0.2, 0.25) is 5.15 Å². The van der Waals surface area contributed by atoms with Gasteiger partial charge < -0.3 is 52.9 Å². The predicted molar refractivity (Wildman–Crippen MR) is 194 cm³/mol. The number of benzene rings is 2. The number of rotatable bonds is 18. The number of anilines is 2. The molecule has 0 radical (unpaired) electrons. The van der Waals surface area contributed by atoms with E-state index in [4.69, 9.17) is 32.5 Å². The van der Waals surface area contributed by atoms with E-state index in [0.717, 1.165) is 93.8 Å². The number of amides is 1. The van der Waals surface area contributed by atoms with Gasteiger partial charge >= 0.3 is 0 Å². The Bertz CT molecular complexity index is 1380. The van der Waals surface area contributed by atoms with Crippen molar-refractivity contribution in [3.8, 4) is 11.5 Å². The molecule has 2 heterocycles. The summed E-state index contributed by atoms with van der Waals surface area (Å²) in [5.41, 5.74) is 14.3. The number of hydrogen-bond acceptors (Lipinski definition) is 9. The molecule has 5 N–H and O–H groups in total. The van der Waals surface area contributed by atoms with E-state index in [2.05, 4.69) is 73.6 Å². The Morgan fingerprint density at radius 2 is 1.37 bits per heavy atom. The molecule has 13 heteroatoms. The molecule has 0 saturated carbocycles. The monoisotopic (exact) mass is 716 g/mol. The number of likely N-dealkylation sites (N-methyl/N-ethyl adjacent to an activating group) is 2. The van der Waals surface area contributed by atoms with Crippen molar-refractivity contribution in [1.29, 1.82) is 0 Å². The molecule has 0 spiro atoms. The van der Waals surface area contributed by atoms with Gasteiger partial charge in [-0.2, -0.15) is 0 Å². The Kier molecular flexibility index (Phi) is 16.1. The van der Waals surface area contributed by atoms with E-state index in [9.17, 15) is 4.79 Å². The van der Waals surface area contributed by atoms with Crippen LogP contribution >= 0.6 is 11.6 Å². The Hall–Kier alpha value is -3.35. The molecule has 11 nitrogen and oxygen atoms in total. The highest BCUT2D eigenvalue weighted by atomic mass is 35.5. The van der Waals surface area contributed by atoms with Crippen molar-refractivity contribution in [2.75, 3.05) is 92.1 Å². The first kappa shape index (κ1) is 40.1. The highest BCUT2D eigenvalue weighted by Crippen LogP contribution is 2.25. The standard InChI is InChI=1S/C36H53ClN8O3.ClH/c1-43(2)19-24-47-30-15-11-27(12-16-30)8-5-21-45(22-6-9-28-13-17-31(18-14-28)48-25-20-44(3)4)23-7-10-29(26-45)40-36(46)32-34(38)42-35(39)33(37)41-32;/h11-18,29H,5-10,19-26H2,1-4H3,(H4-,38,39,40,42,46);1H/t29-;/m0./s1. The number of quaternary nitrogens is 1. The molecule has 49 heavy (non-hydrogen) atoms. The summed E-state index contributed by atoms with van der Waals surface area (Å²) in [6, 6.07) is 16.9. The predicted octanol–water partition coefficient (Wildman–Crippen LogP) is 1.15. The van der Waals surface area contributed by atoms with Crippen molar-refractivity contribution in [3.63, 3.8) is 0 Å². The van der Waals surface area contributed by atoms with Gasteiger partial charge in [0.15, 0.2) is 22.5 Å². The number of nitrogen functional groups attached to an aromatic ring is 2. The number of likely N-dealkylation sites (tertiary alicyclic amines) is 1. The minimum atomic E-state index is -0.368. The zero-order valence-corrected chi connectivity index (χ0v) is 31.0. The Labute approximate surface area is 303 Å². The molecule has 3 aromatic rings. The number of ether oxygens (including phenoxy) is 2. The van der Waals surface area contributed by atoms with E-state index >= 15 is 0 Å². The van der Waals surface area contributed by atoms with Crippen molar-refractivity contribution in [1.82, 2.24) is 25.1 Å². The van der Waals surface area contributed by atoms with Gasteiger partial charge in [-0.3, -0.25) is 4.79 Å². The lowest BCUT2D eigenvalue weighted by Gasteiger charge is -2.45. The summed E-state index contributed by atoms with van der Waals surface area (Å²) < 4.78 is 12.7. The normalized spacial score (nSPS) is 15.5. The van der Waals surface area contributed by atoms with Gasteiger partial charge in [0.2, 0.25) is 0 Å². The molecule has 0 aliphatic carbocycles. The van der Waals surface area contributed by atoms with Crippen LogP contribution in [0, 0.1) is 0 Å². The molecule has 0 bridgehead atoms. The second-order valence-electron chi connectivity index (χ2n) is 13.4. The number of nitrogens with zero attached hydrogens (tertiary/aromatic N) is 5. The van der Waals surface area contributed by atoms with Gasteiger partial charge in [-0.05, 0) is 89.3 Å². The lowest BCUT2D eigenvalue weighted by atomic mass is 9.99. The summed E-state index contributed by atoms with van der Waals surface area (Å²) in [5.74, 6) is 1.43. The molecule has 1 atom stereocenters. The summed E-state index contributed by atoms with van der Waals surface area (Å²) in [6.07, 6.45) is 5.98. The second-order valence-corrected chi connectivity index (χ2v) is 13.8. The number of halogens is 2. The number of carbonyl (C=O) groups is 1. The Morgan fingerprint density at radius 3 is 1.86 bits per heavy atom. The van der Waals surface area contributed by atoms with Crippen LogP contribution in [0.4, 0.5) is 11.6 Å². The van der Waals surface area contributed by atoms with Crippen molar-refractivity contribution >= 4 is 29.1 Å².